The molecule has 0 aliphatic rings. The first-order chi connectivity index (χ1) is 7.74. The summed E-state index contributed by atoms with van der Waals surface area (Å²) in [6.07, 6.45) is -5.19. The first kappa shape index (κ1) is 13.2. The molecule has 0 aliphatic heterocycles. The number of Topliss-reactive ketones (excluding diaryl/α,β-unsaturated/α-hetero) is 1. The van der Waals surface area contributed by atoms with Gasteiger partial charge in [-0.15, -0.1) is 0 Å². The number of rotatable bonds is 3. The quantitative estimate of drug-likeness (QED) is 0.831. The molecule has 1 unspecified atom stereocenters. The van der Waals surface area contributed by atoms with E-state index in [0.29, 0.717) is 6.92 Å². The van der Waals surface area contributed by atoms with Crippen molar-refractivity contribution in [2.45, 2.75) is 18.5 Å². The van der Waals surface area contributed by atoms with Gasteiger partial charge in [0.25, 0.3) is 0 Å². The standard InChI is InChI=1S/C11H9F3O3/c1-7(15)10(9(16)17,11(12,13)14)8-5-3-2-4-6-8/h2-6H,1H3,(H,16,17). The molecule has 1 aromatic rings. The summed E-state index contributed by atoms with van der Waals surface area (Å²) in [7, 11) is 0. The Labute approximate surface area is 94.9 Å². The number of hydrogen-bond donors (Lipinski definition) is 1. The van der Waals surface area contributed by atoms with Crippen molar-refractivity contribution in [3.63, 3.8) is 0 Å². The lowest BCUT2D eigenvalue weighted by Crippen LogP contribution is -2.54. The Morgan fingerprint density at radius 3 is 1.88 bits per heavy atom. The summed E-state index contributed by atoms with van der Waals surface area (Å²) in [4.78, 5) is 22.2. The maximum Gasteiger partial charge on any atom is 0.415 e. The molecular formula is C11H9F3O3. The molecule has 1 atom stereocenters. The van der Waals surface area contributed by atoms with Crippen LogP contribution in [-0.2, 0) is 15.0 Å². The second-order valence-electron chi connectivity index (χ2n) is 3.48. The van der Waals surface area contributed by atoms with Gasteiger partial charge < -0.3 is 5.11 Å². The summed E-state index contributed by atoms with van der Waals surface area (Å²) < 4.78 is 38.9. The van der Waals surface area contributed by atoms with Gasteiger partial charge in [-0.1, -0.05) is 30.3 Å². The number of carbonyl (C=O) groups is 2. The third-order valence-electron chi connectivity index (χ3n) is 2.48. The van der Waals surface area contributed by atoms with Crippen LogP contribution >= 0.6 is 0 Å². The normalized spacial score (nSPS) is 15.1. The van der Waals surface area contributed by atoms with Crippen molar-refractivity contribution in [3.8, 4) is 0 Å². The van der Waals surface area contributed by atoms with Crippen LogP contribution in [0.25, 0.3) is 0 Å². The number of halogens is 3. The molecule has 1 aromatic carbocycles. The Morgan fingerprint density at radius 2 is 1.59 bits per heavy atom. The van der Waals surface area contributed by atoms with Crippen LogP contribution in [0.5, 0.6) is 0 Å². The summed E-state index contributed by atoms with van der Waals surface area (Å²) in [6, 6.07) is 5.89. The van der Waals surface area contributed by atoms with Crippen molar-refractivity contribution in [1.29, 1.82) is 0 Å². The molecule has 1 N–H and O–H groups in total. The predicted octanol–water partition coefficient (Wildman–Crippen LogP) is 2.16. The summed E-state index contributed by atoms with van der Waals surface area (Å²) in [5, 5.41) is 8.84. The average Bonchev–Trinajstić information content (AvgIpc) is 2.16. The fourth-order valence-corrected chi connectivity index (χ4v) is 1.65. The monoisotopic (exact) mass is 246 g/mol. The molecule has 0 spiro atoms. The first-order valence-electron chi connectivity index (χ1n) is 4.61. The zero-order valence-electron chi connectivity index (χ0n) is 8.78. The zero-order chi connectivity index (χ0) is 13.3. The molecule has 17 heavy (non-hydrogen) atoms. The Bertz CT molecular complexity index is 423. The molecule has 1 rings (SSSR count). The van der Waals surface area contributed by atoms with Crippen molar-refractivity contribution in [1.82, 2.24) is 0 Å². The lowest BCUT2D eigenvalue weighted by Gasteiger charge is -2.29. The molecule has 0 amide bonds. The van der Waals surface area contributed by atoms with Crippen LogP contribution in [0.3, 0.4) is 0 Å². The summed E-state index contributed by atoms with van der Waals surface area (Å²) >= 11 is 0. The molecule has 0 radical (unpaired) electrons. The highest BCUT2D eigenvalue weighted by atomic mass is 19.4. The number of alkyl halides is 3. The fourth-order valence-electron chi connectivity index (χ4n) is 1.65. The van der Waals surface area contributed by atoms with Gasteiger partial charge in [-0.25, -0.2) is 0 Å². The van der Waals surface area contributed by atoms with Gasteiger partial charge in [0, 0.05) is 0 Å². The van der Waals surface area contributed by atoms with E-state index in [9.17, 15) is 22.8 Å². The number of benzene rings is 1. The number of carboxylic acid groups (broad SMARTS) is 1. The topological polar surface area (TPSA) is 54.4 Å². The van der Waals surface area contributed by atoms with Crippen molar-refractivity contribution < 1.29 is 27.9 Å². The van der Waals surface area contributed by atoms with E-state index in [0.717, 1.165) is 12.1 Å². The molecule has 3 nitrogen and oxygen atoms in total. The van der Waals surface area contributed by atoms with Crippen LogP contribution in [-0.4, -0.2) is 23.0 Å². The average molecular weight is 246 g/mol. The molecule has 92 valence electrons. The number of ketones is 1. The van der Waals surface area contributed by atoms with Crippen LogP contribution in [0.1, 0.15) is 12.5 Å². The fraction of sp³-hybridized carbons (Fsp3) is 0.273. The maximum atomic E-state index is 13.0. The van der Waals surface area contributed by atoms with E-state index in [1.54, 1.807) is 0 Å². The molecule has 0 heterocycles. The van der Waals surface area contributed by atoms with Gasteiger partial charge >= 0.3 is 12.1 Å². The van der Waals surface area contributed by atoms with Crippen LogP contribution in [0.4, 0.5) is 13.2 Å². The van der Waals surface area contributed by atoms with Crippen LogP contribution < -0.4 is 0 Å². The van der Waals surface area contributed by atoms with E-state index in [2.05, 4.69) is 0 Å². The minimum Gasteiger partial charge on any atom is -0.480 e. The van der Waals surface area contributed by atoms with Crippen LogP contribution in [0.15, 0.2) is 30.3 Å². The Kier molecular flexibility index (Phi) is 3.26. The lowest BCUT2D eigenvalue weighted by atomic mass is 9.76. The predicted molar refractivity (Wildman–Crippen MR) is 52.5 cm³/mol. The summed E-state index contributed by atoms with van der Waals surface area (Å²) in [5.41, 5.74) is -4.08. The number of aliphatic carboxylic acids is 1. The van der Waals surface area contributed by atoms with Gasteiger partial charge in [0.1, 0.15) is 0 Å². The Hall–Kier alpha value is -1.85. The highest BCUT2D eigenvalue weighted by Crippen LogP contribution is 2.42. The first-order valence-corrected chi connectivity index (χ1v) is 4.61. The van der Waals surface area contributed by atoms with Gasteiger partial charge in [-0.2, -0.15) is 13.2 Å². The minimum atomic E-state index is -5.19. The van der Waals surface area contributed by atoms with E-state index < -0.39 is 28.9 Å². The van der Waals surface area contributed by atoms with Gasteiger partial charge in [0.15, 0.2) is 5.78 Å². The maximum absolute atomic E-state index is 13.0. The molecule has 0 saturated carbocycles. The van der Waals surface area contributed by atoms with E-state index in [4.69, 9.17) is 5.11 Å². The molecule has 0 aromatic heterocycles. The zero-order valence-corrected chi connectivity index (χ0v) is 8.78. The largest absolute Gasteiger partial charge is 0.480 e. The van der Waals surface area contributed by atoms with E-state index >= 15 is 0 Å². The van der Waals surface area contributed by atoms with Crippen LogP contribution in [0.2, 0.25) is 0 Å². The molecule has 0 fully saturated rings. The molecular weight excluding hydrogens is 237 g/mol. The third kappa shape index (κ3) is 1.90. The lowest BCUT2D eigenvalue weighted by molar-refractivity contribution is -0.204. The second kappa shape index (κ2) is 4.20. The molecule has 6 heteroatoms. The molecule has 0 saturated heterocycles. The van der Waals surface area contributed by atoms with E-state index in [-0.39, 0.29) is 0 Å². The Morgan fingerprint density at radius 1 is 1.12 bits per heavy atom. The van der Waals surface area contributed by atoms with Crippen molar-refractivity contribution in [2.24, 2.45) is 0 Å². The van der Waals surface area contributed by atoms with Crippen molar-refractivity contribution in [2.75, 3.05) is 0 Å². The van der Waals surface area contributed by atoms with Crippen LogP contribution in [0, 0.1) is 0 Å². The van der Waals surface area contributed by atoms with Gasteiger partial charge in [0.2, 0.25) is 5.41 Å². The summed E-state index contributed by atoms with van der Waals surface area (Å²) in [6.45, 7) is 0.620. The number of carbonyl (C=O) groups excluding carboxylic acids is 1. The Balaban J connectivity index is 3.59. The third-order valence-corrected chi connectivity index (χ3v) is 2.48. The van der Waals surface area contributed by atoms with Gasteiger partial charge in [-0.3, -0.25) is 9.59 Å². The smallest absolute Gasteiger partial charge is 0.415 e. The number of carboxylic acids is 1. The second-order valence-corrected chi connectivity index (χ2v) is 3.48. The van der Waals surface area contributed by atoms with Crippen molar-refractivity contribution in [3.05, 3.63) is 35.9 Å². The van der Waals surface area contributed by atoms with Gasteiger partial charge in [0.05, 0.1) is 0 Å². The number of hydrogen-bond acceptors (Lipinski definition) is 2. The molecule has 0 bridgehead atoms. The van der Waals surface area contributed by atoms with Crippen molar-refractivity contribution >= 4 is 11.8 Å². The highest BCUT2D eigenvalue weighted by molar-refractivity contribution is 6.09. The minimum absolute atomic E-state index is 0.590. The SMILES string of the molecule is CC(=O)C(C(=O)O)(c1ccccc1)C(F)(F)F. The van der Waals surface area contributed by atoms with Gasteiger partial charge in [-0.05, 0) is 12.5 Å². The molecule has 0 aliphatic carbocycles. The highest BCUT2D eigenvalue weighted by Gasteiger charge is 2.65. The summed E-state index contributed by atoms with van der Waals surface area (Å²) in [5.74, 6) is -3.69. The van der Waals surface area contributed by atoms with E-state index in [1.165, 1.54) is 18.2 Å². The van der Waals surface area contributed by atoms with E-state index in [1.807, 2.05) is 0 Å².